The van der Waals surface area contributed by atoms with Gasteiger partial charge in [-0.1, -0.05) is 6.07 Å². The van der Waals surface area contributed by atoms with Gasteiger partial charge in [0.05, 0.1) is 38.4 Å². The molecule has 1 aromatic carbocycles. The van der Waals surface area contributed by atoms with Gasteiger partial charge in [-0.05, 0) is 51.8 Å². The van der Waals surface area contributed by atoms with Crippen molar-refractivity contribution in [2.75, 3.05) is 27.8 Å². The van der Waals surface area contributed by atoms with Crippen molar-refractivity contribution in [3.8, 4) is 11.5 Å². The lowest BCUT2D eigenvalue weighted by molar-refractivity contribution is -0.167. The molecular weight excluding hydrogens is 504 g/mol. The largest absolute Gasteiger partial charge is 0.504 e. The number of fused-ring (bicyclic) bond motifs is 6. The fraction of sp³-hybridized carbons (Fsp3) is 0.536. The molecule has 5 N–H and O–H groups in total. The lowest BCUT2D eigenvalue weighted by Gasteiger charge is -2.60. The van der Waals surface area contributed by atoms with Gasteiger partial charge in [0.25, 0.3) is 0 Å². The van der Waals surface area contributed by atoms with Crippen molar-refractivity contribution in [1.82, 2.24) is 15.1 Å². The molecule has 3 heterocycles. The van der Waals surface area contributed by atoms with Crippen LogP contribution in [0.2, 0.25) is 0 Å². The van der Waals surface area contributed by atoms with Crippen molar-refractivity contribution in [2.45, 2.75) is 70.0 Å². The molecule has 5 rings (SSSR count). The van der Waals surface area contributed by atoms with E-state index in [4.69, 9.17) is 15.2 Å². The van der Waals surface area contributed by atoms with Crippen LogP contribution < -0.4 is 15.8 Å². The van der Waals surface area contributed by atoms with E-state index in [1.165, 1.54) is 14.2 Å². The molecular formula is C28H36N4O7. The van der Waals surface area contributed by atoms with Gasteiger partial charge in [-0.2, -0.15) is 0 Å². The number of hydrogen-bond acceptors (Lipinski definition) is 10. The Morgan fingerprint density at radius 1 is 1.18 bits per heavy atom. The van der Waals surface area contributed by atoms with Crippen molar-refractivity contribution in [3.63, 3.8) is 0 Å². The van der Waals surface area contributed by atoms with Crippen LogP contribution in [0.25, 0.3) is 0 Å². The Bertz CT molecular complexity index is 1330. The van der Waals surface area contributed by atoms with Crippen LogP contribution in [0.1, 0.15) is 43.0 Å². The van der Waals surface area contributed by atoms with Gasteiger partial charge in [-0.15, -0.1) is 0 Å². The fourth-order valence-electron chi connectivity index (χ4n) is 6.98. The molecule has 0 aromatic heterocycles. The summed E-state index contributed by atoms with van der Waals surface area (Å²) in [4.78, 5) is 43.7. The van der Waals surface area contributed by atoms with Crippen LogP contribution in [0.15, 0.2) is 28.5 Å². The average molecular weight is 541 g/mol. The number of nitrogens with zero attached hydrogens (tertiary/aromatic N) is 2. The Morgan fingerprint density at radius 2 is 1.87 bits per heavy atom. The molecule has 1 aliphatic carbocycles. The zero-order valence-corrected chi connectivity index (χ0v) is 23.1. The lowest BCUT2D eigenvalue weighted by atomic mass is 9.71. The molecule has 0 unspecified atom stereocenters. The molecule has 3 aliphatic heterocycles. The number of nitrogens with two attached hydrogens (primary N) is 1. The summed E-state index contributed by atoms with van der Waals surface area (Å²) >= 11 is 0. The highest BCUT2D eigenvalue weighted by atomic mass is 16.5. The highest BCUT2D eigenvalue weighted by Gasteiger charge is 2.57. The van der Waals surface area contributed by atoms with E-state index in [1.807, 2.05) is 29.8 Å². The second-order valence-electron chi connectivity index (χ2n) is 10.9. The van der Waals surface area contributed by atoms with Crippen molar-refractivity contribution >= 4 is 17.5 Å². The number of phenolic OH excluding ortho intramolecular Hbond substituents is 1. The van der Waals surface area contributed by atoms with Crippen LogP contribution in [0, 0.1) is 6.92 Å². The molecule has 1 aromatic rings. The number of methoxy groups -OCH3 is 2. The number of rotatable bonds is 5. The van der Waals surface area contributed by atoms with Crippen LogP contribution in [0.3, 0.4) is 0 Å². The molecule has 6 atom stereocenters. The summed E-state index contributed by atoms with van der Waals surface area (Å²) in [6, 6.07) is -0.912. The molecule has 4 aliphatic rings. The van der Waals surface area contributed by atoms with Gasteiger partial charge in [0.2, 0.25) is 11.7 Å². The second-order valence-corrected chi connectivity index (χ2v) is 10.9. The first-order valence-electron chi connectivity index (χ1n) is 13.1. The van der Waals surface area contributed by atoms with Crippen LogP contribution in [0.5, 0.6) is 11.5 Å². The minimum atomic E-state index is -1.03. The number of aliphatic hydroxyl groups is 1. The summed E-state index contributed by atoms with van der Waals surface area (Å²) in [6.07, 6.45) is -0.411. The number of carbonyl (C=O) groups excluding carboxylic acids is 3. The van der Waals surface area contributed by atoms with Crippen LogP contribution in [-0.2, 0) is 25.5 Å². The summed E-state index contributed by atoms with van der Waals surface area (Å²) in [5.74, 6) is -0.774. The van der Waals surface area contributed by atoms with Crippen LogP contribution in [0.4, 0.5) is 0 Å². The maximum atomic E-state index is 13.7. The van der Waals surface area contributed by atoms with Gasteiger partial charge in [0, 0.05) is 34.9 Å². The molecule has 2 bridgehead atoms. The van der Waals surface area contributed by atoms with E-state index in [-0.39, 0.29) is 47.4 Å². The molecule has 0 radical (unpaired) electrons. The number of benzene rings is 1. The first-order chi connectivity index (χ1) is 18.4. The quantitative estimate of drug-likeness (QED) is 0.381. The standard InChI is InChI=1S/C28H36N4O7/c1-11-7-14-8-17-28(37)32-16(21(31(17)4)19(14)23(34)25(11)38-5)9-15-20(18(32)10-30-27(36)13(3)29)24(35)26(39-6)12(2)22(15)33/h7,13,16-18,21,28,34,37H,8-10,29H2,1-6H3,(H,30,36)/t13-,16-,17-,18-,21-,28-/m0/s1. The monoisotopic (exact) mass is 540 g/mol. The third-order valence-corrected chi connectivity index (χ3v) is 8.78. The van der Waals surface area contributed by atoms with E-state index in [0.717, 1.165) is 11.1 Å². The highest BCUT2D eigenvalue weighted by molar-refractivity contribution is 6.25. The first-order valence-corrected chi connectivity index (χ1v) is 13.1. The number of ketones is 2. The number of aliphatic hydroxyl groups excluding tert-OH is 1. The summed E-state index contributed by atoms with van der Waals surface area (Å²) in [5, 5.41) is 26.0. The predicted octanol–water partition coefficient (Wildman–Crippen LogP) is 0.214. The van der Waals surface area contributed by atoms with Gasteiger partial charge in [-0.3, -0.25) is 24.2 Å². The minimum absolute atomic E-state index is 0.0320. The molecule has 1 saturated heterocycles. The minimum Gasteiger partial charge on any atom is -0.504 e. The Balaban J connectivity index is 1.69. The van der Waals surface area contributed by atoms with Crippen molar-refractivity contribution in [3.05, 3.63) is 45.2 Å². The Morgan fingerprint density at radius 3 is 2.49 bits per heavy atom. The highest BCUT2D eigenvalue weighted by Crippen LogP contribution is 2.53. The molecule has 0 saturated carbocycles. The number of amides is 1. The third-order valence-electron chi connectivity index (χ3n) is 8.78. The number of phenols is 1. The normalized spacial score (nSPS) is 29.5. The molecule has 11 heteroatoms. The van der Waals surface area contributed by atoms with E-state index in [9.17, 15) is 24.6 Å². The molecule has 11 nitrogen and oxygen atoms in total. The van der Waals surface area contributed by atoms with Gasteiger partial charge < -0.3 is 30.7 Å². The molecule has 1 amide bonds. The molecule has 1 fully saturated rings. The zero-order valence-electron chi connectivity index (χ0n) is 23.1. The van der Waals surface area contributed by atoms with E-state index < -0.39 is 42.1 Å². The average Bonchev–Trinajstić information content (AvgIpc) is 2.88. The van der Waals surface area contributed by atoms with Gasteiger partial charge >= 0.3 is 0 Å². The Kier molecular flexibility index (Phi) is 6.82. The van der Waals surface area contributed by atoms with Crippen molar-refractivity contribution in [2.24, 2.45) is 5.73 Å². The number of Topliss-reactive ketones (excluding diaryl/α,β-unsaturated/α-hetero) is 2. The van der Waals surface area contributed by atoms with Crippen molar-refractivity contribution < 1.29 is 34.1 Å². The third kappa shape index (κ3) is 3.90. The number of piperazine rings is 1. The Labute approximate surface area is 227 Å². The summed E-state index contributed by atoms with van der Waals surface area (Å²) in [6.45, 7) is 4.94. The van der Waals surface area contributed by atoms with Crippen LogP contribution >= 0.6 is 0 Å². The lowest BCUT2D eigenvalue weighted by Crippen LogP contribution is -2.71. The number of carbonyl (C=O) groups is 3. The number of likely N-dealkylation sites (N-methyl/N-ethyl adjacent to an activating group) is 1. The summed E-state index contributed by atoms with van der Waals surface area (Å²) in [7, 11) is 4.74. The topological polar surface area (TPSA) is 155 Å². The van der Waals surface area contributed by atoms with Crippen LogP contribution in [-0.4, -0.2) is 95.7 Å². The number of hydrogen-bond donors (Lipinski definition) is 4. The predicted molar refractivity (Wildman–Crippen MR) is 141 cm³/mol. The SMILES string of the molecule is COC1=C(C)C(=O)C2=C(C1=O)[C@H](CNC(=O)[C@H](C)N)N1[C@@H](O)[C@@H]3Cc4cc(C)c(OC)c(O)c4[C@H]([C@@H]1C2)N3C. The number of nitrogens with one attached hydrogen (secondary N) is 1. The smallest absolute Gasteiger partial charge is 0.236 e. The van der Waals surface area contributed by atoms with Gasteiger partial charge in [-0.25, -0.2) is 0 Å². The first kappa shape index (κ1) is 27.3. The van der Waals surface area contributed by atoms with E-state index in [0.29, 0.717) is 23.3 Å². The number of allylic oxidation sites excluding steroid dienone is 2. The maximum Gasteiger partial charge on any atom is 0.236 e. The van der Waals surface area contributed by atoms with Gasteiger partial charge in [0.1, 0.15) is 6.23 Å². The number of ether oxygens (including phenoxy) is 2. The number of aromatic hydroxyl groups is 1. The Hall–Kier alpha value is -3.25. The molecule has 39 heavy (non-hydrogen) atoms. The van der Waals surface area contributed by atoms with E-state index in [2.05, 4.69) is 5.32 Å². The number of aryl methyl sites for hydroxylation is 1. The molecule has 210 valence electrons. The van der Waals surface area contributed by atoms with Gasteiger partial charge in [0.15, 0.2) is 23.0 Å². The fourth-order valence-corrected chi connectivity index (χ4v) is 6.98. The maximum absolute atomic E-state index is 13.7. The second kappa shape index (κ2) is 9.74. The zero-order chi connectivity index (χ0) is 28.5. The van der Waals surface area contributed by atoms with E-state index >= 15 is 0 Å². The molecule has 0 spiro atoms. The van der Waals surface area contributed by atoms with E-state index in [1.54, 1.807) is 13.8 Å². The summed E-state index contributed by atoms with van der Waals surface area (Å²) in [5.41, 5.74) is 8.92. The summed E-state index contributed by atoms with van der Waals surface area (Å²) < 4.78 is 10.8. The van der Waals surface area contributed by atoms with Crippen molar-refractivity contribution in [1.29, 1.82) is 0 Å².